The van der Waals surface area contributed by atoms with Gasteiger partial charge in [0.25, 0.3) is 5.91 Å². The summed E-state index contributed by atoms with van der Waals surface area (Å²) in [6.07, 6.45) is 3.33. The van der Waals surface area contributed by atoms with Crippen molar-refractivity contribution in [3.63, 3.8) is 0 Å². The van der Waals surface area contributed by atoms with E-state index < -0.39 is 0 Å². The van der Waals surface area contributed by atoms with Gasteiger partial charge in [0.1, 0.15) is 22.7 Å². The molecule has 0 saturated heterocycles. The lowest BCUT2D eigenvalue weighted by Crippen LogP contribution is -2.27. The third-order valence-corrected chi connectivity index (χ3v) is 4.88. The number of para-hydroxylation sites is 1. The molecule has 4 aromatic rings. The van der Waals surface area contributed by atoms with Crippen LogP contribution in [0.15, 0.2) is 53.2 Å². The summed E-state index contributed by atoms with van der Waals surface area (Å²) < 4.78 is 13.0. The molecule has 2 heterocycles. The van der Waals surface area contributed by atoms with E-state index in [-0.39, 0.29) is 5.91 Å². The average molecular weight is 402 g/mol. The number of hydrogen-bond acceptors (Lipinski definition) is 3. The first-order valence-electron chi connectivity index (χ1n) is 8.13. The van der Waals surface area contributed by atoms with Crippen molar-refractivity contribution in [1.29, 1.82) is 0 Å². The lowest BCUT2D eigenvalue weighted by molar-refractivity contribution is -0.671. The molecule has 0 aliphatic rings. The fourth-order valence-corrected chi connectivity index (χ4v) is 3.75. The number of nitrogens with one attached hydrogen (secondary N) is 1. The molecule has 1 N–H and O–H groups in total. The summed E-state index contributed by atoms with van der Waals surface area (Å²) in [5.41, 5.74) is 1.99. The molecule has 136 valence electrons. The Morgan fingerprint density at radius 1 is 1.11 bits per heavy atom. The summed E-state index contributed by atoms with van der Waals surface area (Å²) in [6, 6.07) is 10.9. The molecular weight excluding hydrogens is 387 g/mol. The molecule has 2 aromatic heterocycles. The van der Waals surface area contributed by atoms with Gasteiger partial charge in [-0.05, 0) is 18.2 Å². The number of hydrogen-bond donors (Lipinski definition) is 1. The zero-order valence-electron chi connectivity index (χ0n) is 14.5. The molecular formula is C20H15Cl2N2O3+. The maximum atomic E-state index is 13.0. The number of aromatic nitrogens is 1. The molecule has 0 saturated carbocycles. The van der Waals surface area contributed by atoms with Crippen LogP contribution in [0.4, 0.5) is 5.69 Å². The number of ether oxygens (including phenoxy) is 1. The summed E-state index contributed by atoms with van der Waals surface area (Å²) in [6.45, 7) is 0. The van der Waals surface area contributed by atoms with Crippen molar-refractivity contribution in [2.45, 2.75) is 0 Å². The number of anilines is 1. The number of aryl methyl sites for hydroxylation is 1. The van der Waals surface area contributed by atoms with Crippen LogP contribution in [0.3, 0.4) is 0 Å². The largest absolute Gasteiger partial charge is 0.493 e. The first kappa shape index (κ1) is 17.6. The second-order valence-corrected chi connectivity index (χ2v) is 6.88. The number of rotatable bonds is 3. The predicted octanol–water partition coefficient (Wildman–Crippen LogP) is 4.98. The fraction of sp³-hybridized carbons (Fsp3) is 0.100. The summed E-state index contributed by atoms with van der Waals surface area (Å²) in [4.78, 5) is 13.0. The molecule has 0 fully saturated rings. The van der Waals surface area contributed by atoms with Crippen molar-refractivity contribution in [2.24, 2.45) is 7.05 Å². The van der Waals surface area contributed by atoms with E-state index in [2.05, 4.69) is 5.32 Å². The lowest BCUT2D eigenvalue weighted by Gasteiger charge is -2.10. The second-order valence-electron chi connectivity index (χ2n) is 6.07. The normalized spacial score (nSPS) is 11.1. The SMILES string of the molecule is COc1ccc(C(=O)Nc2c(Cl)c[n+](C)cc2Cl)c2c1oc1ccccc12. The molecule has 0 aliphatic heterocycles. The van der Waals surface area contributed by atoms with E-state index in [4.69, 9.17) is 32.4 Å². The summed E-state index contributed by atoms with van der Waals surface area (Å²) in [5.74, 6) is 0.215. The van der Waals surface area contributed by atoms with E-state index >= 15 is 0 Å². The van der Waals surface area contributed by atoms with E-state index in [9.17, 15) is 4.79 Å². The van der Waals surface area contributed by atoms with Gasteiger partial charge in [-0.2, -0.15) is 0 Å². The number of carbonyl (C=O) groups is 1. The molecule has 2 aromatic carbocycles. The highest BCUT2D eigenvalue weighted by Crippen LogP contribution is 2.37. The number of furan rings is 1. The smallest absolute Gasteiger partial charge is 0.256 e. The first-order valence-corrected chi connectivity index (χ1v) is 8.89. The fourth-order valence-electron chi connectivity index (χ4n) is 3.09. The quantitative estimate of drug-likeness (QED) is 0.492. The Kier molecular flexibility index (Phi) is 4.42. The number of methoxy groups -OCH3 is 1. The number of fused-ring (bicyclic) bond motifs is 3. The van der Waals surface area contributed by atoms with E-state index in [0.29, 0.717) is 43.6 Å². The van der Waals surface area contributed by atoms with Gasteiger partial charge in [0.15, 0.2) is 23.7 Å². The number of halogens is 2. The minimum Gasteiger partial charge on any atom is -0.493 e. The third kappa shape index (κ3) is 2.99. The first-order chi connectivity index (χ1) is 13.0. The van der Waals surface area contributed by atoms with Gasteiger partial charge in [0.2, 0.25) is 0 Å². The summed E-state index contributed by atoms with van der Waals surface area (Å²) in [7, 11) is 3.36. The van der Waals surface area contributed by atoms with Crippen molar-refractivity contribution < 1.29 is 18.5 Å². The number of carbonyl (C=O) groups excluding carboxylic acids is 1. The van der Waals surface area contributed by atoms with Gasteiger partial charge in [-0.25, -0.2) is 4.57 Å². The minimum atomic E-state index is -0.341. The molecule has 27 heavy (non-hydrogen) atoms. The molecule has 0 aliphatic carbocycles. The highest BCUT2D eigenvalue weighted by molar-refractivity contribution is 6.39. The van der Waals surface area contributed by atoms with Crippen LogP contribution < -0.4 is 14.6 Å². The van der Waals surface area contributed by atoms with Crippen LogP contribution in [-0.2, 0) is 7.05 Å². The number of benzene rings is 2. The van der Waals surface area contributed by atoms with Crippen LogP contribution in [0.2, 0.25) is 10.0 Å². The second kappa shape index (κ2) is 6.76. The zero-order chi connectivity index (χ0) is 19.1. The Labute approximate surface area is 165 Å². The summed E-state index contributed by atoms with van der Waals surface area (Å²) >= 11 is 12.5. The lowest BCUT2D eigenvalue weighted by atomic mass is 10.0. The maximum Gasteiger partial charge on any atom is 0.256 e. The molecule has 7 heteroatoms. The van der Waals surface area contributed by atoms with Gasteiger partial charge < -0.3 is 14.5 Å². The molecule has 4 rings (SSSR count). The summed E-state index contributed by atoms with van der Waals surface area (Å²) in [5, 5.41) is 5.01. The van der Waals surface area contributed by atoms with Crippen molar-refractivity contribution in [1.82, 2.24) is 0 Å². The Morgan fingerprint density at radius 2 is 1.81 bits per heavy atom. The van der Waals surface area contributed by atoms with E-state index in [0.717, 1.165) is 5.39 Å². The molecule has 0 bridgehead atoms. The van der Waals surface area contributed by atoms with Gasteiger partial charge in [0.05, 0.1) is 18.4 Å². The predicted molar refractivity (Wildman–Crippen MR) is 106 cm³/mol. The van der Waals surface area contributed by atoms with Crippen molar-refractivity contribution >= 4 is 56.7 Å². The van der Waals surface area contributed by atoms with Crippen LogP contribution >= 0.6 is 23.2 Å². The average Bonchev–Trinajstić information content (AvgIpc) is 3.03. The van der Waals surface area contributed by atoms with Gasteiger partial charge >= 0.3 is 0 Å². The number of amides is 1. The number of pyridine rings is 1. The number of nitrogens with zero attached hydrogens (tertiary/aromatic N) is 1. The minimum absolute atomic E-state index is 0.341. The molecule has 0 radical (unpaired) electrons. The van der Waals surface area contributed by atoms with Gasteiger partial charge in [0, 0.05) is 10.8 Å². The van der Waals surface area contributed by atoms with Crippen LogP contribution in [0, 0.1) is 0 Å². The van der Waals surface area contributed by atoms with Crippen molar-refractivity contribution in [3.05, 3.63) is 64.4 Å². The van der Waals surface area contributed by atoms with E-state index in [1.54, 1.807) is 43.3 Å². The van der Waals surface area contributed by atoms with Crippen molar-refractivity contribution in [2.75, 3.05) is 12.4 Å². The van der Waals surface area contributed by atoms with Gasteiger partial charge in [-0.15, -0.1) is 0 Å². The zero-order valence-corrected chi connectivity index (χ0v) is 16.1. The Morgan fingerprint density at radius 3 is 2.52 bits per heavy atom. The highest BCUT2D eigenvalue weighted by atomic mass is 35.5. The van der Waals surface area contributed by atoms with Crippen LogP contribution in [-0.4, -0.2) is 13.0 Å². The van der Waals surface area contributed by atoms with Crippen molar-refractivity contribution in [3.8, 4) is 5.75 Å². The molecule has 5 nitrogen and oxygen atoms in total. The molecule has 0 spiro atoms. The Hall–Kier alpha value is -2.76. The van der Waals surface area contributed by atoms with Crippen LogP contribution in [0.5, 0.6) is 5.75 Å². The van der Waals surface area contributed by atoms with Gasteiger partial charge in [-0.1, -0.05) is 41.4 Å². The van der Waals surface area contributed by atoms with E-state index in [1.807, 2.05) is 24.3 Å². The molecule has 1 amide bonds. The highest BCUT2D eigenvalue weighted by Gasteiger charge is 2.21. The Bertz CT molecular complexity index is 1180. The molecule has 0 atom stereocenters. The van der Waals surface area contributed by atoms with E-state index in [1.165, 1.54) is 0 Å². The monoisotopic (exact) mass is 401 g/mol. The Balaban J connectivity index is 1.88. The van der Waals surface area contributed by atoms with Gasteiger partial charge in [-0.3, -0.25) is 4.79 Å². The van der Waals surface area contributed by atoms with Crippen LogP contribution in [0.1, 0.15) is 10.4 Å². The standard InChI is InChI=1S/C20H14Cl2N2O3/c1-24-9-13(21)18(14(22)10-24)23-20(25)12-7-8-16(26-2)19-17(12)11-5-3-4-6-15(11)27-19/h3-10H,1-2H3/p+1. The topological polar surface area (TPSA) is 55.4 Å². The van der Waals surface area contributed by atoms with Crippen LogP contribution in [0.25, 0.3) is 21.9 Å². The third-order valence-electron chi connectivity index (χ3n) is 4.30. The molecule has 0 unspecified atom stereocenters. The maximum absolute atomic E-state index is 13.0.